The van der Waals surface area contributed by atoms with E-state index >= 15 is 0 Å². The lowest BCUT2D eigenvalue weighted by Crippen LogP contribution is -2.32. The Morgan fingerprint density at radius 2 is 1.00 bits per heavy atom. The molecule has 48 heavy (non-hydrogen) atoms. The number of benzene rings is 7. The van der Waals surface area contributed by atoms with Gasteiger partial charge in [-0.3, -0.25) is 0 Å². The maximum Gasteiger partial charge on any atom is 0.160 e. The Kier molecular flexibility index (Phi) is 5.79. The van der Waals surface area contributed by atoms with E-state index in [1.165, 1.54) is 27.6 Å². The topological polar surface area (TPSA) is 35.0 Å². The Bertz CT molecular complexity index is 2500. The lowest BCUT2D eigenvalue weighted by molar-refractivity contribution is 0.436. The fourth-order valence-corrected chi connectivity index (χ4v) is 7.92. The largest absolute Gasteiger partial charge is 0.457 e. The third-order valence-corrected chi connectivity index (χ3v) is 9.97. The van der Waals surface area contributed by atoms with Crippen LogP contribution >= 0.6 is 0 Å². The van der Waals surface area contributed by atoms with Gasteiger partial charge >= 0.3 is 0 Å². The number of hydrogen-bond acceptors (Lipinski definition) is 3. The van der Waals surface area contributed by atoms with Gasteiger partial charge in [-0.2, -0.15) is 0 Å². The van der Waals surface area contributed by atoms with Gasteiger partial charge in [-0.1, -0.05) is 152 Å². The van der Waals surface area contributed by atoms with E-state index in [9.17, 15) is 0 Å². The number of ether oxygens (including phenoxy) is 1. The predicted octanol–water partition coefficient (Wildman–Crippen LogP) is 11.1. The van der Waals surface area contributed by atoms with Crippen molar-refractivity contribution in [2.24, 2.45) is 0 Å². The molecule has 2 aliphatic rings. The average molecular weight is 613 g/mol. The molecule has 3 nitrogen and oxygen atoms in total. The first-order valence-electron chi connectivity index (χ1n) is 16.3. The normalized spacial score (nSPS) is 13.3. The van der Waals surface area contributed by atoms with E-state index in [-0.39, 0.29) is 0 Å². The fraction of sp³-hybridized carbons (Fsp3) is 0.0222. The van der Waals surface area contributed by atoms with Crippen molar-refractivity contribution in [1.29, 1.82) is 0 Å². The Morgan fingerprint density at radius 1 is 0.396 bits per heavy atom. The Balaban J connectivity index is 1.21. The molecule has 1 aliphatic heterocycles. The smallest absolute Gasteiger partial charge is 0.160 e. The average Bonchev–Trinajstić information content (AvgIpc) is 3.45. The van der Waals surface area contributed by atoms with Crippen LogP contribution in [-0.4, -0.2) is 9.97 Å². The van der Waals surface area contributed by atoms with Gasteiger partial charge in [-0.15, -0.1) is 0 Å². The van der Waals surface area contributed by atoms with E-state index in [4.69, 9.17) is 14.7 Å². The molecule has 1 aromatic heterocycles. The molecule has 0 unspecified atom stereocenters. The zero-order valence-electron chi connectivity index (χ0n) is 26.0. The quantitative estimate of drug-likeness (QED) is 0.199. The molecule has 0 amide bonds. The van der Waals surface area contributed by atoms with E-state index in [1.54, 1.807) is 0 Å². The second kappa shape index (κ2) is 10.3. The van der Waals surface area contributed by atoms with Crippen molar-refractivity contribution in [2.75, 3.05) is 0 Å². The van der Waals surface area contributed by atoms with Crippen molar-refractivity contribution in [1.82, 2.24) is 9.97 Å². The van der Waals surface area contributed by atoms with Crippen LogP contribution in [0.3, 0.4) is 0 Å². The van der Waals surface area contributed by atoms with Crippen LogP contribution in [0.25, 0.3) is 55.8 Å². The second-order valence-corrected chi connectivity index (χ2v) is 12.5. The molecular weight excluding hydrogens is 585 g/mol. The van der Waals surface area contributed by atoms with Crippen molar-refractivity contribution in [3.8, 4) is 56.5 Å². The van der Waals surface area contributed by atoms with Gasteiger partial charge < -0.3 is 4.74 Å². The molecule has 0 fully saturated rings. The minimum Gasteiger partial charge on any atom is -0.457 e. The summed E-state index contributed by atoms with van der Waals surface area (Å²) in [6.07, 6.45) is 0. The minimum absolute atomic E-state index is 0.503. The van der Waals surface area contributed by atoms with Crippen molar-refractivity contribution < 1.29 is 4.74 Å². The van der Waals surface area contributed by atoms with Gasteiger partial charge in [0.05, 0.1) is 16.8 Å². The highest BCUT2D eigenvalue weighted by molar-refractivity contribution is 5.96. The summed E-state index contributed by atoms with van der Waals surface area (Å²) in [6.45, 7) is 0. The number of fused-ring (bicyclic) bond motifs is 10. The highest BCUT2D eigenvalue weighted by atomic mass is 16.5. The predicted molar refractivity (Wildman–Crippen MR) is 193 cm³/mol. The van der Waals surface area contributed by atoms with Crippen molar-refractivity contribution in [3.05, 3.63) is 192 Å². The standard InChI is InChI=1S/C45H28N2O/c1-2-14-30(15-3-1)40-28-41(35-20-12-16-29-13-4-5-17-32(29)35)47-44(46-40)31-25-26-39-43(27-31)48-42-24-11-10-23-38(42)45(39)36-21-8-6-18-33(36)34-19-7-9-22-37(34)45/h1-28H. The van der Waals surface area contributed by atoms with E-state index in [2.05, 4.69) is 164 Å². The van der Waals surface area contributed by atoms with Crippen LogP contribution in [0.1, 0.15) is 22.3 Å². The first-order valence-corrected chi connectivity index (χ1v) is 16.3. The fourth-order valence-electron chi connectivity index (χ4n) is 7.92. The van der Waals surface area contributed by atoms with Gasteiger partial charge in [-0.25, -0.2) is 9.97 Å². The number of hydrogen-bond donors (Lipinski definition) is 0. The number of rotatable bonds is 3. The lowest BCUT2D eigenvalue weighted by Gasteiger charge is -2.39. The van der Waals surface area contributed by atoms with Gasteiger partial charge in [-0.05, 0) is 51.2 Å². The third-order valence-electron chi connectivity index (χ3n) is 9.97. The number of para-hydroxylation sites is 1. The van der Waals surface area contributed by atoms with Crippen LogP contribution in [0, 0.1) is 0 Å². The van der Waals surface area contributed by atoms with Gasteiger partial charge in [0.2, 0.25) is 0 Å². The third kappa shape index (κ3) is 3.82. The maximum atomic E-state index is 6.79. The molecule has 0 bridgehead atoms. The van der Waals surface area contributed by atoms with E-state index in [0.717, 1.165) is 56.1 Å². The van der Waals surface area contributed by atoms with Crippen LogP contribution < -0.4 is 4.74 Å². The van der Waals surface area contributed by atoms with Gasteiger partial charge in [0.25, 0.3) is 0 Å². The van der Waals surface area contributed by atoms with Crippen LogP contribution in [0.2, 0.25) is 0 Å². The van der Waals surface area contributed by atoms with Crippen LogP contribution in [0.5, 0.6) is 11.5 Å². The van der Waals surface area contributed by atoms with E-state index in [1.807, 2.05) is 6.07 Å². The summed E-state index contributed by atoms with van der Waals surface area (Å²) in [5.41, 5.74) is 11.6. The van der Waals surface area contributed by atoms with E-state index < -0.39 is 5.41 Å². The minimum atomic E-state index is -0.503. The monoisotopic (exact) mass is 612 g/mol. The molecule has 1 aliphatic carbocycles. The zero-order valence-corrected chi connectivity index (χ0v) is 26.0. The lowest BCUT2D eigenvalue weighted by atomic mass is 9.66. The molecule has 3 heteroatoms. The van der Waals surface area contributed by atoms with Crippen LogP contribution in [0.4, 0.5) is 0 Å². The first-order chi connectivity index (χ1) is 23.8. The Hall–Kier alpha value is -6.32. The van der Waals surface area contributed by atoms with Gasteiger partial charge in [0, 0.05) is 27.8 Å². The molecule has 0 radical (unpaired) electrons. The molecule has 0 saturated carbocycles. The first kappa shape index (κ1) is 26.9. The van der Waals surface area contributed by atoms with E-state index in [0.29, 0.717) is 5.82 Å². The second-order valence-electron chi connectivity index (χ2n) is 12.5. The van der Waals surface area contributed by atoms with Crippen molar-refractivity contribution in [3.63, 3.8) is 0 Å². The summed E-state index contributed by atoms with van der Waals surface area (Å²) in [5, 5.41) is 2.34. The Morgan fingerprint density at radius 3 is 1.81 bits per heavy atom. The Labute approximate surface area is 278 Å². The summed E-state index contributed by atoms with van der Waals surface area (Å²) in [5.74, 6) is 2.34. The molecular formula is C45H28N2O. The van der Waals surface area contributed by atoms with Gasteiger partial charge in [0.15, 0.2) is 5.82 Å². The highest BCUT2D eigenvalue weighted by Crippen LogP contribution is 2.62. The van der Waals surface area contributed by atoms with Crippen molar-refractivity contribution >= 4 is 10.8 Å². The molecule has 0 saturated heterocycles. The molecule has 1 spiro atoms. The van der Waals surface area contributed by atoms with Crippen molar-refractivity contribution in [2.45, 2.75) is 5.41 Å². The summed E-state index contributed by atoms with van der Waals surface area (Å²) in [4.78, 5) is 10.4. The SMILES string of the molecule is c1ccc(-c2cc(-c3cccc4ccccc34)nc(-c3ccc4c(c3)Oc3ccccc3C43c4ccccc4-c4ccccc43)n2)cc1. The maximum absolute atomic E-state index is 6.79. The molecule has 8 aromatic rings. The highest BCUT2D eigenvalue weighted by Gasteiger charge is 2.50. The van der Waals surface area contributed by atoms with Crippen LogP contribution in [0.15, 0.2) is 170 Å². The summed E-state index contributed by atoms with van der Waals surface area (Å²) >= 11 is 0. The van der Waals surface area contributed by atoms with Crippen LogP contribution in [-0.2, 0) is 5.41 Å². The summed E-state index contributed by atoms with van der Waals surface area (Å²) < 4.78 is 6.79. The van der Waals surface area contributed by atoms with Gasteiger partial charge in [0.1, 0.15) is 11.5 Å². The number of nitrogens with zero attached hydrogens (tertiary/aromatic N) is 2. The summed E-state index contributed by atoms with van der Waals surface area (Å²) in [6, 6.07) is 59.9. The number of aromatic nitrogens is 2. The molecule has 7 aromatic carbocycles. The zero-order chi connectivity index (χ0) is 31.7. The molecule has 0 N–H and O–H groups in total. The molecule has 2 heterocycles. The summed E-state index contributed by atoms with van der Waals surface area (Å²) in [7, 11) is 0. The molecule has 0 atom stereocenters. The molecule has 224 valence electrons. The molecule has 10 rings (SSSR count).